The van der Waals surface area contributed by atoms with Gasteiger partial charge in [-0.2, -0.15) is 0 Å². The van der Waals surface area contributed by atoms with Crippen LogP contribution < -0.4 is 9.47 Å². The van der Waals surface area contributed by atoms with E-state index in [1.807, 2.05) is 31.2 Å². The third-order valence-corrected chi connectivity index (χ3v) is 8.45. The molecule has 1 atom stereocenters. The van der Waals surface area contributed by atoms with E-state index in [9.17, 15) is 20.1 Å². The number of aromatic nitrogens is 1. The summed E-state index contributed by atoms with van der Waals surface area (Å²) in [6.07, 6.45) is 3.26. The van der Waals surface area contributed by atoms with Gasteiger partial charge in [-0.25, -0.2) is 0 Å². The summed E-state index contributed by atoms with van der Waals surface area (Å²) in [7, 11) is 1.60. The predicted octanol–water partition coefficient (Wildman–Crippen LogP) is 6.40. The molecule has 1 heterocycles. The number of aryl methyl sites for hydroxylation is 1. The summed E-state index contributed by atoms with van der Waals surface area (Å²) in [6, 6.07) is 15.0. The molecule has 1 aliphatic carbocycles. The second kappa shape index (κ2) is 13.3. The number of methoxy groups -OCH3 is 1. The van der Waals surface area contributed by atoms with Gasteiger partial charge in [0.05, 0.1) is 19.6 Å². The van der Waals surface area contributed by atoms with Crippen LogP contribution in [0.1, 0.15) is 55.3 Å². The lowest BCUT2D eigenvalue weighted by Crippen LogP contribution is -2.34. The topological polar surface area (TPSA) is 104 Å². The van der Waals surface area contributed by atoms with Gasteiger partial charge in [0.2, 0.25) is 0 Å². The Labute approximate surface area is 240 Å². The molecular weight excluding hydrogens is 532 g/mol. The standard InChI is InChI=1S/C31H39ClN2O6/c1-20-16-25(9-10-26(20)32)21(2)33(18-22-4-7-24(8-5-22)31(37)38)19-23-6-11-27(28(17-23)39-3)40-15-14-34-29(35)12-13-30(34)36/h6,9-13,16-17,21-22,24,35-36H,4-5,7-8,14-15,18-19H2,1-3H3,(H,37,38)/t21-,22?,24?/m1/s1. The number of carbonyl (C=O) groups is 1. The average molecular weight is 571 g/mol. The first-order chi connectivity index (χ1) is 19.2. The number of aliphatic carboxylic acids is 1. The molecule has 2 aromatic carbocycles. The highest BCUT2D eigenvalue weighted by atomic mass is 35.5. The number of carboxylic acid groups (broad SMARTS) is 1. The fourth-order valence-corrected chi connectivity index (χ4v) is 5.63. The summed E-state index contributed by atoms with van der Waals surface area (Å²) >= 11 is 6.30. The molecule has 1 saturated carbocycles. The van der Waals surface area contributed by atoms with Crippen molar-refractivity contribution >= 4 is 17.6 Å². The molecule has 1 aromatic heterocycles. The van der Waals surface area contributed by atoms with Crippen molar-refractivity contribution < 1.29 is 29.6 Å². The zero-order valence-electron chi connectivity index (χ0n) is 23.3. The Morgan fingerprint density at radius 3 is 2.38 bits per heavy atom. The first-order valence-corrected chi connectivity index (χ1v) is 14.1. The lowest BCUT2D eigenvalue weighted by molar-refractivity contribution is -0.143. The molecule has 3 N–H and O–H groups in total. The number of benzene rings is 2. The molecule has 9 heteroatoms. The monoisotopic (exact) mass is 570 g/mol. The quantitative estimate of drug-likeness (QED) is 0.231. The van der Waals surface area contributed by atoms with E-state index in [1.165, 1.54) is 22.3 Å². The predicted molar refractivity (Wildman–Crippen MR) is 154 cm³/mol. The van der Waals surface area contributed by atoms with Crippen molar-refractivity contribution in [2.45, 2.75) is 58.7 Å². The highest BCUT2D eigenvalue weighted by Gasteiger charge is 2.29. The number of hydrogen-bond acceptors (Lipinski definition) is 6. The maximum absolute atomic E-state index is 11.5. The SMILES string of the molecule is COc1cc(CN(CC2CCC(C(=O)O)CC2)[C@H](C)c2ccc(Cl)c(C)c2)ccc1OCCn1c(O)ccc1O. The number of hydrogen-bond donors (Lipinski definition) is 3. The van der Waals surface area contributed by atoms with Crippen LogP contribution in [0.25, 0.3) is 0 Å². The van der Waals surface area contributed by atoms with E-state index in [0.717, 1.165) is 48.4 Å². The maximum atomic E-state index is 11.5. The number of halogens is 1. The summed E-state index contributed by atoms with van der Waals surface area (Å²) in [6.45, 7) is 6.28. The number of aromatic hydroxyl groups is 2. The average Bonchev–Trinajstić information content (AvgIpc) is 3.27. The Morgan fingerprint density at radius 2 is 1.75 bits per heavy atom. The van der Waals surface area contributed by atoms with Crippen molar-refractivity contribution in [3.05, 3.63) is 70.2 Å². The molecular formula is C31H39ClN2O6. The minimum atomic E-state index is -0.684. The van der Waals surface area contributed by atoms with Gasteiger partial charge in [0.15, 0.2) is 23.3 Å². The molecule has 0 saturated heterocycles. The first kappa shape index (κ1) is 29.6. The minimum absolute atomic E-state index is 0.0232. The zero-order chi connectivity index (χ0) is 28.8. The summed E-state index contributed by atoms with van der Waals surface area (Å²) in [5.41, 5.74) is 3.30. The molecule has 0 radical (unpaired) electrons. The maximum Gasteiger partial charge on any atom is 0.306 e. The van der Waals surface area contributed by atoms with Gasteiger partial charge < -0.3 is 24.8 Å². The van der Waals surface area contributed by atoms with E-state index < -0.39 is 5.97 Å². The van der Waals surface area contributed by atoms with Crippen LogP contribution >= 0.6 is 11.6 Å². The van der Waals surface area contributed by atoms with Crippen molar-refractivity contribution in [3.63, 3.8) is 0 Å². The molecule has 0 spiro atoms. The lowest BCUT2D eigenvalue weighted by atomic mass is 9.81. The Hall–Kier alpha value is -3.36. The highest BCUT2D eigenvalue weighted by Crippen LogP contribution is 2.35. The second-order valence-corrected chi connectivity index (χ2v) is 11.1. The smallest absolute Gasteiger partial charge is 0.306 e. The summed E-state index contributed by atoms with van der Waals surface area (Å²) in [5, 5.41) is 29.9. The van der Waals surface area contributed by atoms with E-state index in [4.69, 9.17) is 21.1 Å². The van der Waals surface area contributed by atoms with E-state index in [1.54, 1.807) is 7.11 Å². The number of rotatable bonds is 12. The van der Waals surface area contributed by atoms with Crippen LogP contribution in [0.15, 0.2) is 48.5 Å². The van der Waals surface area contributed by atoms with E-state index in [-0.39, 0.29) is 36.9 Å². The number of nitrogens with zero attached hydrogens (tertiary/aromatic N) is 2. The molecule has 0 amide bonds. The van der Waals surface area contributed by atoms with Gasteiger partial charge >= 0.3 is 5.97 Å². The Bertz CT molecular complexity index is 1280. The Balaban J connectivity index is 1.48. The number of carboxylic acids is 1. The summed E-state index contributed by atoms with van der Waals surface area (Å²) < 4.78 is 12.9. The number of ether oxygens (including phenoxy) is 2. The van der Waals surface area contributed by atoms with Crippen LogP contribution in [0.3, 0.4) is 0 Å². The third-order valence-electron chi connectivity index (χ3n) is 8.02. The highest BCUT2D eigenvalue weighted by molar-refractivity contribution is 6.31. The van der Waals surface area contributed by atoms with Gasteiger partial charge in [-0.15, -0.1) is 0 Å². The van der Waals surface area contributed by atoms with E-state index in [2.05, 4.69) is 24.0 Å². The van der Waals surface area contributed by atoms with E-state index in [0.29, 0.717) is 24.0 Å². The van der Waals surface area contributed by atoms with Gasteiger partial charge in [0.25, 0.3) is 0 Å². The normalized spacial score (nSPS) is 18.0. The van der Waals surface area contributed by atoms with Gasteiger partial charge in [0, 0.05) is 36.3 Å². The fourth-order valence-electron chi connectivity index (χ4n) is 5.51. The van der Waals surface area contributed by atoms with Gasteiger partial charge in [-0.1, -0.05) is 29.8 Å². The van der Waals surface area contributed by atoms with Crippen LogP contribution in [0.4, 0.5) is 0 Å². The lowest BCUT2D eigenvalue weighted by Gasteiger charge is -2.35. The largest absolute Gasteiger partial charge is 0.494 e. The molecule has 1 aliphatic rings. The Kier molecular flexibility index (Phi) is 9.87. The van der Waals surface area contributed by atoms with Crippen LogP contribution in [0.5, 0.6) is 23.3 Å². The molecule has 0 aliphatic heterocycles. The van der Waals surface area contributed by atoms with Gasteiger partial charge in [-0.3, -0.25) is 14.3 Å². The summed E-state index contributed by atoms with van der Waals surface area (Å²) in [4.78, 5) is 13.9. The molecule has 0 unspecified atom stereocenters. The van der Waals surface area contributed by atoms with Gasteiger partial charge in [-0.05, 0) is 80.3 Å². The molecule has 1 fully saturated rings. The molecule has 216 valence electrons. The molecule has 40 heavy (non-hydrogen) atoms. The van der Waals surface area contributed by atoms with Crippen LogP contribution in [-0.4, -0.2) is 51.0 Å². The molecule has 4 rings (SSSR count). The van der Waals surface area contributed by atoms with Crippen molar-refractivity contribution in [1.82, 2.24) is 9.47 Å². The van der Waals surface area contributed by atoms with Crippen LogP contribution in [0.2, 0.25) is 5.02 Å². The summed E-state index contributed by atoms with van der Waals surface area (Å²) in [5.74, 6) is 0.653. The van der Waals surface area contributed by atoms with Crippen LogP contribution in [0, 0.1) is 18.8 Å². The minimum Gasteiger partial charge on any atom is -0.494 e. The van der Waals surface area contributed by atoms with Crippen molar-refractivity contribution in [3.8, 4) is 23.3 Å². The third kappa shape index (κ3) is 7.23. The van der Waals surface area contributed by atoms with Crippen LogP contribution in [-0.2, 0) is 17.9 Å². The van der Waals surface area contributed by atoms with Gasteiger partial charge in [0.1, 0.15) is 6.61 Å². The Morgan fingerprint density at radius 1 is 1.05 bits per heavy atom. The fraction of sp³-hybridized carbons (Fsp3) is 0.452. The van der Waals surface area contributed by atoms with Crippen molar-refractivity contribution in [2.75, 3.05) is 20.3 Å². The van der Waals surface area contributed by atoms with E-state index >= 15 is 0 Å². The van der Waals surface area contributed by atoms with Crippen molar-refractivity contribution in [2.24, 2.45) is 11.8 Å². The molecule has 8 nitrogen and oxygen atoms in total. The zero-order valence-corrected chi connectivity index (χ0v) is 24.1. The first-order valence-electron chi connectivity index (χ1n) is 13.8. The molecule has 3 aromatic rings. The van der Waals surface area contributed by atoms with Crippen molar-refractivity contribution in [1.29, 1.82) is 0 Å². The molecule has 0 bridgehead atoms. The second-order valence-electron chi connectivity index (χ2n) is 10.7.